The molecule has 2 atom stereocenters. The number of aryl methyl sites for hydroxylation is 1. The van der Waals surface area contributed by atoms with Gasteiger partial charge in [0, 0.05) is 9.37 Å². The van der Waals surface area contributed by atoms with Gasteiger partial charge in [-0.05, 0) is 36.6 Å². The van der Waals surface area contributed by atoms with Crippen LogP contribution in [0.5, 0.6) is 0 Å². The zero-order valence-corrected chi connectivity index (χ0v) is 14.8. The summed E-state index contributed by atoms with van der Waals surface area (Å²) in [6.45, 7) is 5.71. The van der Waals surface area contributed by atoms with Crippen molar-refractivity contribution in [2.45, 2.75) is 38.1 Å². The lowest BCUT2D eigenvalue weighted by Crippen LogP contribution is -2.45. The van der Waals surface area contributed by atoms with E-state index in [-0.39, 0.29) is 17.6 Å². The van der Waals surface area contributed by atoms with Crippen LogP contribution in [-0.4, -0.2) is 28.8 Å². The molecular weight excluding hydrogens is 354 g/mol. The first-order valence-corrected chi connectivity index (χ1v) is 8.54. The van der Waals surface area contributed by atoms with Gasteiger partial charge in [-0.15, -0.1) is 11.8 Å². The Kier molecular flexibility index (Phi) is 7.25. The lowest BCUT2D eigenvalue weighted by molar-refractivity contribution is -0.143. The van der Waals surface area contributed by atoms with E-state index in [0.717, 1.165) is 14.9 Å². The monoisotopic (exact) mass is 373 g/mol. The molecular formula is C15H20BrNO3S. The van der Waals surface area contributed by atoms with Crippen molar-refractivity contribution < 1.29 is 14.7 Å². The molecule has 1 rings (SSSR count). The highest BCUT2D eigenvalue weighted by molar-refractivity contribution is 9.10. The number of rotatable bonds is 7. The molecule has 6 heteroatoms. The Morgan fingerprint density at radius 2 is 2.10 bits per heavy atom. The SMILES string of the molecule is CCC(C)C(NC(=O)CSc1ccc(Br)cc1C)C(=O)O. The molecule has 0 bridgehead atoms. The maximum absolute atomic E-state index is 11.9. The van der Waals surface area contributed by atoms with E-state index in [2.05, 4.69) is 21.2 Å². The van der Waals surface area contributed by atoms with E-state index in [1.165, 1.54) is 11.8 Å². The van der Waals surface area contributed by atoms with Crippen LogP contribution in [0.25, 0.3) is 0 Å². The maximum atomic E-state index is 11.9. The van der Waals surface area contributed by atoms with E-state index >= 15 is 0 Å². The number of carbonyl (C=O) groups excluding carboxylic acids is 1. The Labute approximate surface area is 137 Å². The molecule has 1 aromatic carbocycles. The number of aliphatic carboxylic acids is 1. The van der Waals surface area contributed by atoms with Crippen molar-refractivity contribution in [1.82, 2.24) is 5.32 Å². The zero-order chi connectivity index (χ0) is 16.0. The van der Waals surface area contributed by atoms with Gasteiger partial charge in [0.25, 0.3) is 0 Å². The van der Waals surface area contributed by atoms with E-state index in [0.29, 0.717) is 6.42 Å². The topological polar surface area (TPSA) is 66.4 Å². The second-order valence-corrected chi connectivity index (χ2v) is 6.90. The van der Waals surface area contributed by atoms with Crippen molar-refractivity contribution in [2.24, 2.45) is 5.92 Å². The van der Waals surface area contributed by atoms with Crippen LogP contribution in [0.1, 0.15) is 25.8 Å². The average Bonchev–Trinajstić information content (AvgIpc) is 2.42. The Hall–Kier alpha value is -1.01. The minimum Gasteiger partial charge on any atom is -0.480 e. The number of amides is 1. The number of hydrogen-bond acceptors (Lipinski definition) is 3. The van der Waals surface area contributed by atoms with Gasteiger partial charge < -0.3 is 10.4 Å². The summed E-state index contributed by atoms with van der Waals surface area (Å²) in [6.07, 6.45) is 0.705. The van der Waals surface area contributed by atoms with Gasteiger partial charge in [-0.25, -0.2) is 4.79 Å². The Morgan fingerprint density at radius 3 is 2.62 bits per heavy atom. The number of carboxylic acid groups (broad SMARTS) is 1. The third-order valence-electron chi connectivity index (χ3n) is 3.29. The standard InChI is InChI=1S/C15H20BrNO3S/c1-4-9(2)14(15(19)20)17-13(18)8-21-12-6-5-11(16)7-10(12)3/h5-7,9,14H,4,8H2,1-3H3,(H,17,18)(H,19,20). The Morgan fingerprint density at radius 1 is 1.43 bits per heavy atom. The lowest BCUT2D eigenvalue weighted by Gasteiger charge is -2.20. The van der Waals surface area contributed by atoms with Crippen molar-refractivity contribution in [1.29, 1.82) is 0 Å². The number of hydrogen-bond donors (Lipinski definition) is 2. The molecule has 0 spiro atoms. The number of benzene rings is 1. The highest BCUT2D eigenvalue weighted by atomic mass is 79.9. The third kappa shape index (κ3) is 5.71. The molecule has 0 aromatic heterocycles. The molecule has 0 aliphatic carbocycles. The number of carboxylic acids is 1. The highest BCUT2D eigenvalue weighted by Gasteiger charge is 2.25. The first kappa shape index (κ1) is 18.0. The van der Waals surface area contributed by atoms with Crippen LogP contribution >= 0.6 is 27.7 Å². The largest absolute Gasteiger partial charge is 0.480 e. The normalized spacial score (nSPS) is 13.5. The molecule has 4 nitrogen and oxygen atoms in total. The van der Waals surface area contributed by atoms with Crippen molar-refractivity contribution >= 4 is 39.6 Å². The molecule has 1 amide bonds. The van der Waals surface area contributed by atoms with Gasteiger partial charge in [-0.2, -0.15) is 0 Å². The van der Waals surface area contributed by atoms with Crippen molar-refractivity contribution in [2.75, 3.05) is 5.75 Å². The second kappa shape index (κ2) is 8.44. The minimum absolute atomic E-state index is 0.0918. The van der Waals surface area contributed by atoms with E-state index in [1.807, 2.05) is 39.0 Å². The molecule has 0 aliphatic heterocycles. The van der Waals surface area contributed by atoms with Crippen LogP contribution in [0.2, 0.25) is 0 Å². The van der Waals surface area contributed by atoms with Crippen molar-refractivity contribution in [3.63, 3.8) is 0 Å². The molecule has 116 valence electrons. The molecule has 21 heavy (non-hydrogen) atoms. The molecule has 0 fully saturated rings. The Bertz CT molecular complexity index is 522. The molecule has 0 radical (unpaired) electrons. The zero-order valence-electron chi connectivity index (χ0n) is 12.4. The molecule has 0 aliphatic rings. The summed E-state index contributed by atoms with van der Waals surface area (Å²) in [4.78, 5) is 24.1. The highest BCUT2D eigenvalue weighted by Crippen LogP contribution is 2.25. The van der Waals surface area contributed by atoms with Crippen LogP contribution in [0.15, 0.2) is 27.6 Å². The fourth-order valence-corrected chi connectivity index (χ4v) is 3.11. The van der Waals surface area contributed by atoms with Gasteiger partial charge in [0.2, 0.25) is 5.91 Å². The summed E-state index contributed by atoms with van der Waals surface area (Å²) >= 11 is 4.81. The number of thioether (sulfide) groups is 1. The van der Waals surface area contributed by atoms with Gasteiger partial charge in [-0.3, -0.25) is 4.79 Å². The number of carbonyl (C=O) groups is 2. The number of halogens is 1. The van der Waals surface area contributed by atoms with Crippen LogP contribution < -0.4 is 5.32 Å². The van der Waals surface area contributed by atoms with Gasteiger partial charge >= 0.3 is 5.97 Å². The first-order chi connectivity index (χ1) is 9.85. The summed E-state index contributed by atoms with van der Waals surface area (Å²) in [5, 5.41) is 11.8. The summed E-state index contributed by atoms with van der Waals surface area (Å²) in [5.74, 6) is -1.12. The van der Waals surface area contributed by atoms with Crippen LogP contribution in [-0.2, 0) is 9.59 Å². The fourth-order valence-electron chi connectivity index (χ4n) is 1.82. The van der Waals surface area contributed by atoms with Crippen molar-refractivity contribution in [3.05, 3.63) is 28.2 Å². The molecule has 0 heterocycles. The first-order valence-electron chi connectivity index (χ1n) is 6.76. The van der Waals surface area contributed by atoms with E-state index in [1.54, 1.807) is 0 Å². The van der Waals surface area contributed by atoms with Gasteiger partial charge in [0.15, 0.2) is 0 Å². The third-order valence-corrected chi connectivity index (χ3v) is 4.96. The van der Waals surface area contributed by atoms with Crippen LogP contribution in [0.3, 0.4) is 0 Å². The predicted octanol–water partition coefficient (Wildman–Crippen LogP) is 3.47. The predicted molar refractivity (Wildman–Crippen MR) is 88.6 cm³/mol. The molecule has 1 aromatic rings. The van der Waals surface area contributed by atoms with E-state index < -0.39 is 12.0 Å². The average molecular weight is 374 g/mol. The summed E-state index contributed by atoms with van der Waals surface area (Å²) in [5.41, 5.74) is 1.08. The van der Waals surface area contributed by atoms with Crippen LogP contribution in [0.4, 0.5) is 0 Å². The summed E-state index contributed by atoms with van der Waals surface area (Å²) in [6, 6.07) is 5.03. The van der Waals surface area contributed by atoms with Crippen molar-refractivity contribution in [3.8, 4) is 0 Å². The van der Waals surface area contributed by atoms with Crippen LogP contribution in [0, 0.1) is 12.8 Å². The van der Waals surface area contributed by atoms with E-state index in [9.17, 15) is 9.59 Å². The smallest absolute Gasteiger partial charge is 0.326 e. The number of nitrogens with one attached hydrogen (secondary N) is 1. The minimum atomic E-state index is -0.984. The molecule has 2 unspecified atom stereocenters. The second-order valence-electron chi connectivity index (χ2n) is 4.97. The van der Waals surface area contributed by atoms with Gasteiger partial charge in [-0.1, -0.05) is 36.2 Å². The molecule has 0 saturated heterocycles. The molecule has 2 N–H and O–H groups in total. The Balaban J connectivity index is 2.58. The molecule has 0 saturated carbocycles. The summed E-state index contributed by atoms with van der Waals surface area (Å²) < 4.78 is 0.997. The summed E-state index contributed by atoms with van der Waals surface area (Å²) in [7, 11) is 0. The van der Waals surface area contributed by atoms with Gasteiger partial charge in [0.1, 0.15) is 6.04 Å². The van der Waals surface area contributed by atoms with E-state index in [4.69, 9.17) is 5.11 Å². The quantitative estimate of drug-likeness (QED) is 0.718. The maximum Gasteiger partial charge on any atom is 0.326 e. The lowest BCUT2D eigenvalue weighted by atomic mass is 9.99. The van der Waals surface area contributed by atoms with Gasteiger partial charge in [0.05, 0.1) is 5.75 Å². The fraction of sp³-hybridized carbons (Fsp3) is 0.467.